The van der Waals surface area contributed by atoms with E-state index in [1.54, 1.807) is 0 Å². The second-order valence-corrected chi connectivity index (χ2v) is 19.8. The predicted molar refractivity (Wildman–Crippen MR) is 280 cm³/mol. The molecule has 0 spiro atoms. The molecule has 35 heteroatoms. The van der Waals surface area contributed by atoms with Crippen LogP contribution in [0.2, 0.25) is 0 Å². The van der Waals surface area contributed by atoms with Gasteiger partial charge in [-0.3, -0.25) is 14.4 Å². The Kier molecular flexibility index (Phi) is 38.1. The van der Waals surface area contributed by atoms with Crippen molar-refractivity contribution < 1.29 is 145 Å². The van der Waals surface area contributed by atoms with Crippen molar-refractivity contribution in [1.82, 2.24) is 16.0 Å². The zero-order chi connectivity index (χ0) is 61.1. The molecule has 474 valence electrons. The highest BCUT2D eigenvalue weighted by Crippen LogP contribution is 2.25. The summed E-state index contributed by atoms with van der Waals surface area (Å²) in [7, 11) is 1.36. The van der Waals surface area contributed by atoms with Crippen LogP contribution in [-0.2, 0) is 47.5 Å². The van der Waals surface area contributed by atoms with Gasteiger partial charge in [0.05, 0.1) is 32.5 Å². The third-order valence-electron chi connectivity index (χ3n) is 12.5. The molecule has 5 aliphatic heterocycles. The molecule has 5 rings (SSSR count). The first kappa shape index (κ1) is 76.4. The molecule has 0 aromatic heterocycles. The number of rotatable bonds is 19. The summed E-state index contributed by atoms with van der Waals surface area (Å²) >= 11 is 11.7. The van der Waals surface area contributed by atoms with E-state index in [4.69, 9.17) is 53.6 Å². The predicted octanol–water partition coefficient (Wildman–Crippen LogP) is -10.9. The normalized spacial score (nSPS) is 39.6. The van der Waals surface area contributed by atoms with Gasteiger partial charge in [0, 0.05) is 38.7 Å². The fourth-order valence-electron chi connectivity index (χ4n) is 7.77. The smallest absolute Gasteiger partial charge is 0.221 e. The lowest BCUT2D eigenvalue weighted by atomic mass is 9.97. The van der Waals surface area contributed by atoms with E-state index in [0.717, 1.165) is 12.8 Å². The monoisotopic (exact) mass is 1230 g/mol. The van der Waals surface area contributed by atoms with Crippen LogP contribution in [0.1, 0.15) is 52.4 Å². The number of carbonyl (C=O) groups is 3. The number of thiol groups is 3. The maximum atomic E-state index is 11.3. The van der Waals surface area contributed by atoms with E-state index < -0.39 is 192 Å². The number of carbonyl (C=O) groups excluding carboxylic acids is 3. The lowest BCUT2D eigenvalue weighted by molar-refractivity contribution is -0.301. The van der Waals surface area contributed by atoms with E-state index in [0.29, 0.717) is 24.5 Å². The molecule has 0 aromatic carbocycles. The molecule has 5 aliphatic rings. The molecule has 0 bridgehead atoms. The van der Waals surface area contributed by atoms with Crippen molar-refractivity contribution in [1.29, 1.82) is 0 Å². The minimum absolute atomic E-state index is 0.124. The third-order valence-corrected chi connectivity index (χ3v) is 13.4. The summed E-state index contributed by atoms with van der Waals surface area (Å²) in [5.74, 6) is -0.261. The van der Waals surface area contributed by atoms with Gasteiger partial charge in [-0.2, -0.15) is 37.9 Å². The average Bonchev–Trinajstić information content (AvgIpc) is 3.43. The molecule has 0 aliphatic carbocycles. The molecule has 22 N–H and O–H groups in total. The van der Waals surface area contributed by atoms with E-state index >= 15 is 0 Å². The van der Waals surface area contributed by atoms with E-state index in [1.165, 1.54) is 7.11 Å². The highest BCUT2D eigenvalue weighted by Gasteiger charge is 2.48. The Hall–Kier alpha value is -1.58. The molecule has 13 unspecified atom stereocenters. The number of methoxy groups -OCH3 is 1. The Balaban J connectivity index is 0.000000501. The third kappa shape index (κ3) is 23.4. The second-order valence-electron chi connectivity index (χ2n) is 18.5. The summed E-state index contributed by atoms with van der Waals surface area (Å²) in [5, 5.41) is 186. The molecule has 25 atom stereocenters. The zero-order valence-electron chi connectivity index (χ0n) is 44.3. The van der Waals surface area contributed by atoms with Crippen molar-refractivity contribution in [3.05, 3.63) is 0 Å². The van der Waals surface area contributed by atoms with Crippen LogP contribution in [0, 0.1) is 0 Å². The lowest BCUT2D eigenvalue weighted by Gasteiger charge is -2.40. The topological polar surface area (TPSA) is 536 Å². The van der Waals surface area contributed by atoms with Gasteiger partial charge in [-0.25, -0.2) is 0 Å². The molecule has 0 radical (unpaired) electrons. The van der Waals surface area contributed by atoms with Gasteiger partial charge in [0.15, 0.2) is 31.5 Å². The molecule has 5 fully saturated rings. The van der Waals surface area contributed by atoms with Gasteiger partial charge in [0.25, 0.3) is 0 Å². The van der Waals surface area contributed by atoms with E-state index in [1.807, 2.05) is 13.8 Å². The summed E-state index contributed by atoms with van der Waals surface area (Å²) < 4.78 is 34.9. The van der Waals surface area contributed by atoms with Crippen LogP contribution in [0.3, 0.4) is 0 Å². The van der Waals surface area contributed by atoms with E-state index in [-0.39, 0.29) is 30.9 Å². The number of hydrogen-bond acceptors (Lipinski definition) is 32. The minimum atomic E-state index is -1.48. The maximum absolute atomic E-state index is 11.3. The first-order chi connectivity index (χ1) is 37.7. The van der Waals surface area contributed by atoms with Gasteiger partial charge >= 0.3 is 0 Å². The largest absolute Gasteiger partial charge is 0.394 e. The molecule has 0 saturated carbocycles. The Bertz CT molecular complexity index is 1560. The van der Waals surface area contributed by atoms with Crippen LogP contribution in [0.5, 0.6) is 0 Å². The standard InChI is InChI=1S/C10H19NO6.C10H20O6.2C9H17NO6S.C7H14O5S/c1-2-3-6(13)11-7-9(15)8(14)5(4-12)17-10(7)16;1-2-3-4-15-10-9(14)8(13)7(12)6(5-11)16-10;2*11-3-4-7(13)8(14)6(9(15)16-4)10-5(12)1-2-17;1-11-7-6(10)5(9)4(8)3(2-13)12-7/h5,7-10,12,14-16H,2-4H2,1H3,(H,11,13);6-14H,2-5H2,1H3;2*4,6-9,11,13-15,17H,1-3H2,(H,10,12);3-10,13H,2H2,1H3/t5?,7?,8-,9-,10?;6?,7-,8-,9?,10-;4?,6?,7-,8+,9?;4?,6?,7-,8-,9?;3?,4-,5-,6?,7-/m10010/s1. The Labute approximate surface area is 477 Å². The Morgan fingerprint density at radius 2 is 0.725 bits per heavy atom. The fraction of sp³-hybridized carbons (Fsp3) is 0.933. The summed E-state index contributed by atoms with van der Waals surface area (Å²) in [4.78, 5) is 33.9. The number of nitrogens with one attached hydrogen (secondary N) is 3. The highest BCUT2D eigenvalue weighted by atomic mass is 32.1. The molecule has 5 heterocycles. The number of amides is 3. The van der Waals surface area contributed by atoms with Gasteiger partial charge in [0.1, 0.15) is 116 Å². The summed E-state index contributed by atoms with van der Waals surface area (Å²) in [6.07, 6.45) is -24.0. The molecule has 80 heavy (non-hydrogen) atoms. The van der Waals surface area contributed by atoms with Crippen molar-refractivity contribution in [2.75, 3.05) is 57.4 Å². The average molecular weight is 1230 g/mol. The quantitative estimate of drug-likeness (QED) is 0.0422. The Morgan fingerprint density at radius 3 is 1.04 bits per heavy atom. The molecule has 5 saturated heterocycles. The van der Waals surface area contributed by atoms with Crippen LogP contribution in [0.15, 0.2) is 0 Å². The van der Waals surface area contributed by atoms with Crippen molar-refractivity contribution in [3.63, 3.8) is 0 Å². The van der Waals surface area contributed by atoms with Crippen LogP contribution in [0.25, 0.3) is 0 Å². The van der Waals surface area contributed by atoms with Gasteiger partial charge in [0.2, 0.25) is 17.7 Å². The van der Waals surface area contributed by atoms with Crippen molar-refractivity contribution >= 4 is 55.6 Å². The van der Waals surface area contributed by atoms with Crippen LogP contribution in [-0.4, -0.2) is 325 Å². The molecular weight excluding hydrogens is 1140 g/mol. The lowest BCUT2D eigenvalue weighted by Crippen LogP contribution is -2.64. The number of unbranched alkanes of at least 4 members (excludes halogenated alkanes) is 1. The summed E-state index contributed by atoms with van der Waals surface area (Å²) in [6, 6.07) is -3.34. The van der Waals surface area contributed by atoms with Crippen LogP contribution < -0.4 is 16.0 Å². The van der Waals surface area contributed by atoms with Gasteiger partial charge in [-0.05, 0) is 24.3 Å². The van der Waals surface area contributed by atoms with E-state index in [9.17, 15) is 91.0 Å². The zero-order valence-corrected chi connectivity index (χ0v) is 46.9. The van der Waals surface area contributed by atoms with Crippen molar-refractivity contribution in [3.8, 4) is 0 Å². The van der Waals surface area contributed by atoms with Crippen molar-refractivity contribution in [2.24, 2.45) is 0 Å². The number of aliphatic hydroxyl groups excluding tert-OH is 19. The number of hydrogen-bond donors (Lipinski definition) is 25. The summed E-state index contributed by atoms with van der Waals surface area (Å²) in [5.41, 5.74) is 0. The first-order valence-corrected chi connectivity index (χ1v) is 27.4. The molecular formula is C45H87N3O29S3. The maximum Gasteiger partial charge on any atom is 0.221 e. The number of ether oxygens (including phenoxy) is 7. The van der Waals surface area contributed by atoms with Gasteiger partial charge < -0.3 is 146 Å². The van der Waals surface area contributed by atoms with E-state index in [2.05, 4.69) is 53.8 Å². The number of aliphatic hydroxyl groups is 19. The van der Waals surface area contributed by atoms with Crippen LogP contribution in [0.4, 0.5) is 0 Å². The van der Waals surface area contributed by atoms with Gasteiger partial charge in [-0.1, -0.05) is 20.3 Å². The molecule has 32 nitrogen and oxygen atoms in total. The van der Waals surface area contributed by atoms with Crippen LogP contribution >= 0.6 is 37.9 Å². The van der Waals surface area contributed by atoms with Gasteiger partial charge in [-0.15, -0.1) is 0 Å². The SMILES string of the molecule is CCCC(=O)NC1C(O)OC(CO)[C@@H](O)[C@@H]1O.CCCCO[C@H]1OC(CO)[C@H](O)[C@H](O)C1O.CO[C@H]1OC(CS)[C@H](O)[C@H](O)C1O.O=C(CCS)NC1C(O)OC(CO)[C@@H](O)[C@@H]1O.O=C(CCS)NC1C(O)OC(CO)[C@H](O)[C@@H]1O. The molecule has 0 aromatic rings. The summed E-state index contributed by atoms with van der Waals surface area (Å²) in [6.45, 7) is 2.19. The second kappa shape index (κ2) is 39.9. The fourth-order valence-corrected chi connectivity index (χ4v) is 8.48. The minimum Gasteiger partial charge on any atom is -0.394 e. The first-order valence-electron chi connectivity index (χ1n) is 25.5. The molecule has 3 amide bonds. The highest BCUT2D eigenvalue weighted by molar-refractivity contribution is 7.80. The Morgan fingerprint density at radius 1 is 0.412 bits per heavy atom. The van der Waals surface area contributed by atoms with Crippen molar-refractivity contribution in [2.45, 2.75) is 206 Å².